The number of hydrogen-bond acceptors (Lipinski definition) is 3. The van der Waals surface area contributed by atoms with Crippen molar-refractivity contribution in [2.24, 2.45) is 0 Å². The molecular formula is C13H20N2S. The molecule has 1 aromatic rings. The smallest absolute Gasteiger partial charge is 0.0948 e. The standard InChI is InChI=1S/C11H14N2S.C2H6/c1-3-5-11(14-8-4-2)10-9-12-6-7-13-10;1-2/h3,5-7,9H,1,4,8H2,2H3;1-2H3/b11-5-;. The van der Waals surface area contributed by atoms with Gasteiger partial charge in [-0.25, -0.2) is 0 Å². The second-order valence-electron chi connectivity index (χ2n) is 2.71. The van der Waals surface area contributed by atoms with Crippen LogP contribution < -0.4 is 0 Å². The van der Waals surface area contributed by atoms with Gasteiger partial charge in [-0.1, -0.05) is 33.4 Å². The van der Waals surface area contributed by atoms with Crippen LogP contribution >= 0.6 is 11.8 Å². The lowest BCUT2D eigenvalue weighted by Gasteiger charge is -2.03. The molecule has 0 unspecified atom stereocenters. The third kappa shape index (κ3) is 5.71. The van der Waals surface area contributed by atoms with Crippen molar-refractivity contribution in [3.8, 4) is 0 Å². The molecule has 16 heavy (non-hydrogen) atoms. The number of aromatic nitrogens is 2. The molecular weight excluding hydrogens is 216 g/mol. The Kier molecular flexibility index (Phi) is 9.72. The average Bonchev–Trinajstić information content (AvgIpc) is 2.38. The fourth-order valence-electron chi connectivity index (χ4n) is 0.953. The Morgan fingerprint density at radius 3 is 2.69 bits per heavy atom. The summed E-state index contributed by atoms with van der Waals surface area (Å²) < 4.78 is 0. The molecule has 3 heteroatoms. The second-order valence-corrected chi connectivity index (χ2v) is 3.84. The van der Waals surface area contributed by atoms with Crippen LogP contribution in [0.15, 0.2) is 37.3 Å². The zero-order chi connectivity index (χ0) is 12.2. The molecule has 88 valence electrons. The van der Waals surface area contributed by atoms with Gasteiger partial charge in [-0.3, -0.25) is 9.97 Å². The molecule has 0 atom stereocenters. The molecule has 0 saturated carbocycles. The van der Waals surface area contributed by atoms with Crippen LogP contribution in [0.2, 0.25) is 0 Å². The number of nitrogens with zero attached hydrogens (tertiary/aromatic N) is 2. The van der Waals surface area contributed by atoms with E-state index in [1.807, 2.05) is 19.9 Å². The first-order chi connectivity index (χ1) is 7.88. The van der Waals surface area contributed by atoms with Crippen LogP contribution in [-0.4, -0.2) is 15.7 Å². The fraction of sp³-hybridized carbons (Fsp3) is 0.385. The minimum Gasteiger partial charge on any atom is -0.261 e. The van der Waals surface area contributed by atoms with Crippen molar-refractivity contribution in [2.75, 3.05) is 5.75 Å². The highest BCUT2D eigenvalue weighted by atomic mass is 32.2. The topological polar surface area (TPSA) is 25.8 Å². The summed E-state index contributed by atoms with van der Waals surface area (Å²) in [5.74, 6) is 1.09. The van der Waals surface area contributed by atoms with Crippen LogP contribution in [-0.2, 0) is 0 Å². The molecule has 0 amide bonds. The highest BCUT2D eigenvalue weighted by molar-refractivity contribution is 8.08. The highest BCUT2D eigenvalue weighted by Crippen LogP contribution is 2.25. The van der Waals surface area contributed by atoms with Crippen molar-refractivity contribution in [1.29, 1.82) is 0 Å². The maximum Gasteiger partial charge on any atom is 0.0948 e. The van der Waals surface area contributed by atoms with E-state index in [-0.39, 0.29) is 0 Å². The summed E-state index contributed by atoms with van der Waals surface area (Å²) in [4.78, 5) is 9.43. The number of hydrogen-bond donors (Lipinski definition) is 0. The van der Waals surface area contributed by atoms with Gasteiger partial charge >= 0.3 is 0 Å². The summed E-state index contributed by atoms with van der Waals surface area (Å²) in [6, 6.07) is 0. The van der Waals surface area contributed by atoms with Crippen LogP contribution in [0.1, 0.15) is 32.9 Å². The summed E-state index contributed by atoms with van der Waals surface area (Å²) in [5, 5.41) is 0. The van der Waals surface area contributed by atoms with Crippen molar-refractivity contribution < 1.29 is 0 Å². The normalized spacial score (nSPS) is 10.3. The Hall–Kier alpha value is -1.09. The molecule has 0 bridgehead atoms. The summed E-state index contributed by atoms with van der Waals surface area (Å²) in [7, 11) is 0. The Bertz CT molecular complexity index is 307. The predicted octanol–water partition coefficient (Wildman–Crippen LogP) is 4.17. The first-order valence-electron chi connectivity index (χ1n) is 5.60. The third-order valence-electron chi connectivity index (χ3n) is 1.55. The highest BCUT2D eigenvalue weighted by Gasteiger charge is 2.01. The molecule has 0 aliphatic carbocycles. The van der Waals surface area contributed by atoms with Crippen molar-refractivity contribution in [3.63, 3.8) is 0 Å². The molecule has 0 aromatic carbocycles. The summed E-state index contributed by atoms with van der Waals surface area (Å²) in [6.45, 7) is 9.86. The predicted molar refractivity (Wildman–Crippen MR) is 74.3 cm³/mol. The van der Waals surface area contributed by atoms with Crippen molar-refractivity contribution in [3.05, 3.63) is 43.0 Å². The molecule has 0 aliphatic heterocycles. The van der Waals surface area contributed by atoms with Gasteiger partial charge in [-0.05, 0) is 18.2 Å². The van der Waals surface area contributed by atoms with Gasteiger partial charge in [0.1, 0.15) is 0 Å². The Morgan fingerprint density at radius 2 is 2.19 bits per heavy atom. The molecule has 1 rings (SSSR count). The maximum atomic E-state index is 4.25. The largest absolute Gasteiger partial charge is 0.261 e. The average molecular weight is 236 g/mol. The molecule has 0 aliphatic rings. The lowest BCUT2D eigenvalue weighted by molar-refractivity contribution is 1.11. The molecule has 1 heterocycles. The quantitative estimate of drug-likeness (QED) is 0.717. The maximum absolute atomic E-state index is 4.25. The number of thioether (sulfide) groups is 1. The van der Waals surface area contributed by atoms with Gasteiger partial charge in [-0.15, -0.1) is 11.8 Å². The molecule has 0 N–H and O–H groups in total. The van der Waals surface area contributed by atoms with Crippen LogP contribution in [0.5, 0.6) is 0 Å². The van der Waals surface area contributed by atoms with E-state index in [0.29, 0.717) is 0 Å². The van der Waals surface area contributed by atoms with E-state index in [0.717, 1.165) is 22.8 Å². The third-order valence-corrected chi connectivity index (χ3v) is 2.82. The Labute approximate surface area is 103 Å². The molecule has 0 saturated heterocycles. The zero-order valence-corrected chi connectivity index (χ0v) is 11.1. The molecule has 0 fully saturated rings. The minimum absolute atomic E-state index is 0.922. The van der Waals surface area contributed by atoms with Gasteiger partial charge in [0.2, 0.25) is 0 Å². The Balaban J connectivity index is 0.00000106. The van der Waals surface area contributed by atoms with Gasteiger partial charge in [0.25, 0.3) is 0 Å². The Morgan fingerprint density at radius 1 is 1.44 bits per heavy atom. The lowest BCUT2D eigenvalue weighted by Crippen LogP contribution is -1.87. The van der Waals surface area contributed by atoms with E-state index in [2.05, 4.69) is 23.5 Å². The number of allylic oxidation sites excluding steroid dienone is 2. The van der Waals surface area contributed by atoms with Gasteiger partial charge < -0.3 is 0 Å². The molecule has 0 spiro atoms. The minimum atomic E-state index is 0.922. The summed E-state index contributed by atoms with van der Waals surface area (Å²) >= 11 is 1.79. The van der Waals surface area contributed by atoms with Crippen LogP contribution in [0.25, 0.3) is 4.91 Å². The summed E-state index contributed by atoms with van der Waals surface area (Å²) in [6.07, 6.45) is 10.1. The van der Waals surface area contributed by atoms with E-state index in [4.69, 9.17) is 0 Å². The van der Waals surface area contributed by atoms with Crippen molar-refractivity contribution in [1.82, 2.24) is 9.97 Å². The van der Waals surface area contributed by atoms with Crippen molar-refractivity contribution in [2.45, 2.75) is 27.2 Å². The van der Waals surface area contributed by atoms with E-state index in [9.17, 15) is 0 Å². The first-order valence-corrected chi connectivity index (χ1v) is 6.59. The van der Waals surface area contributed by atoms with E-state index < -0.39 is 0 Å². The zero-order valence-electron chi connectivity index (χ0n) is 10.3. The van der Waals surface area contributed by atoms with Crippen LogP contribution in [0.3, 0.4) is 0 Å². The van der Waals surface area contributed by atoms with E-state index >= 15 is 0 Å². The number of rotatable bonds is 5. The first kappa shape index (κ1) is 14.9. The lowest BCUT2D eigenvalue weighted by atomic mass is 10.4. The van der Waals surface area contributed by atoms with Gasteiger partial charge in [0.05, 0.1) is 11.9 Å². The molecule has 0 radical (unpaired) electrons. The summed E-state index contributed by atoms with van der Waals surface area (Å²) in [5.41, 5.74) is 0.922. The van der Waals surface area contributed by atoms with Crippen LogP contribution in [0, 0.1) is 0 Å². The monoisotopic (exact) mass is 236 g/mol. The van der Waals surface area contributed by atoms with Gasteiger partial charge in [0, 0.05) is 17.3 Å². The molecule has 2 nitrogen and oxygen atoms in total. The van der Waals surface area contributed by atoms with E-state index in [1.165, 1.54) is 0 Å². The SMILES string of the molecule is C=C/C=C(\SCCC)c1cnccn1.CC. The fourth-order valence-corrected chi connectivity index (χ4v) is 1.82. The van der Waals surface area contributed by atoms with E-state index in [1.54, 1.807) is 36.4 Å². The van der Waals surface area contributed by atoms with Gasteiger partial charge in [-0.2, -0.15) is 0 Å². The second kappa shape index (κ2) is 10.4. The van der Waals surface area contributed by atoms with Gasteiger partial charge in [0.15, 0.2) is 0 Å². The van der Waals surface area contributed by atoms with Crippen LogP contribution in [0.4, 0.5) is 0 Å². The van der Waals surface area contributed by atoms with Crippen molar-refractivity contribution >= 4 is 16.7 Å². The molecule has 1 aromatic heterocycles.